The van der Waals surface area contributed by atoms with E-state index in [0.29, 0.717) is 18.1 Å². The summed E-state index contributed by atoms with van der Waals surface area (Å²) in [5.74, 6) is 2.06. The van der Waals surface area contributed by atoms with E-state index in [0.717, 1.165) is 37.6 Å². The molecule has 1 unspecified atom stereocenters. The molecule has 1 saturated carbocycles. The summed E-state index contributed by atoms with van der Waals surface area (Å²) in [6.07, 6.45) is 6.14. The number of aliphatic imine (C=N–C) groups is 1. The van der Waals surface area contributed by atoms with Crippen LogP contribution in [0.25, 0.3) is 0 Å². The minimum atomic E-state index is -0.872. The normalized spacial score (nSPS) is 17.0. The largest absolute Gasteiger partial charge is 0.385 e. The van der Waals surface area contributed by atoms with Crippen LogP contribution in [0.4, 0.5) is 0 Å². The predicted octanol–water partition coefficient (Wildman–Crippen LogP) is 3.71. The highest BCUT2D eigenvalue weighted by molar-refractivity contribution is 14.0. The molecule has 1 aromatic carbocycles. The number of benzene rings is 1. The van der Waals surface area contributed by atoms with Gasteiger partial charge in [-0.3, -0.25) is 9.20 Å². The number of ether oxygens (including phenoxy) is 1. The average Bonchev–Trinajstić information content (AvgIpc) is 3.14. The second-order valence-electron chi connectivity index (χ2n) is 7.35. The molecule has 28 heavy (non-hydrogen) atoms. The highest BCUT2D eigenvalue weighted by atomic mass is 127. The van der Waals surface area contributed by atoms with E-state index in [2.05, 4.69) is 17.6 Å². The van der Waals surface area contributed by atoms with Crippen molar-refractivity contribution in [2.24, 2.45) is 10.4 Å². The zero-order valence-corrected chi connectivity index (χ0v) is 20.4. The van der Waals surface area contributed by atoms with Gasteiger partial charge in [-0.25, -0.2) is 0 Å². The number of methoxy groups -OCH3 is 1. The van der Waals surface area contributed by atoms with Crippen molar-refractivity contribution in [1.82, 2.24) is 10.6 Å². The second kappa shape index (κ2) is 14.3. The molecule has 7 heteroatoms. The highest BCUT2D eigenvalue weighted by Gasteiger charge is 2.33. The fraction of sp³-hybridized carbons (Fsp3) is 0.667. The Morgan fingerprint density at radius 1 is 1.21 bits per heavy atom. The molecule has 0 aliphatic heterocycles. The molecule has 1 aliphatic carbocycles. The van der Waals surface area contributed by atoms with E-state index >= 15 is 0 Å². The van der Waals surface area contributed by atoms with Gasteiger partial charge in [-0.1, -0.05) is 43.2 Å². The van der Waals surface area contributed by atoms with Crippen molar-refractivity contribution in [3.8, 4) is 0 Å². The maximum absolute atomic E-state index is 12.3. The average molecular weight is 522 g/mol. The number of halogens is 1. The van der Waals surface area contributed by atoms with Gasteiger partial charge in [-0.2, -0.15) is 0 Å². The summed E-state index contributed by atoms with van der Waals surface area (Å²) in [5.41, 5.74) is 1.41. The molecule has 2 rings (SSSR count). The lowest BCUT2D eigenvalue weighted by Crippen LogP contribution is -2.40. The molecule has 0 heterocycles. The molecule has 0 bridgehead atoms. The lowest BCUT2D eigenvalue weighted by atomic mass is 9.83. The highest BCUT2D eigenvalue weighted by Crippen LogP contribution is 2.41. The van der Waals surface area contributed by atoms with E-state index < -0.39 is 10.8 Å². The summed E-state index contributed by atoms with van der Waals surface area (Å²) >= 11 is 0. The predicted molar refractivity (Wildman–Crippen MR) is 130 cm³/mol. The van der Waals surface area contributed by atoms with E-state index in [1.807, 2.05) is 30.3 Å². The zero-order valence-electron chi connectivity index (χ0n) is 17.2. The lowest BCUT2D eigenvalue weighted by Gasteiger charge is -2.27. The summed E-state index contributed by atoms with van der Waals surface area (Å²) in [4.78, 5) is 4.84. The number of guanidine groups is 1. The summed E-state index contributed by atoms with van der Waals surface area (Å²) in [6.45, 7) is 5.19. The molecule has 1 aliphatic rings. The Morgan fingerprint density at radius 2 is 1.93 bits per heavy atom. The van der Waals surface area contributed by atoms with Crippen LogP contribution in [0, 0.1) is 5.41 Å². The molecule has 1 aromatic rings. The standard InChI is InChI=1S/C21H35N3O2S.HI/c1-3-22-20(24-18-21(13-15-26-2)11-7-8-12-21)23-14-16-27(25)17-19-9-5-4-6-10-19;/h4-6,9-10H,3,7-8,11-18H2,1-2H3,(H2,22,23,24);1H. The van der Waals surface area contributed by atoms with Crippen LogP contribution >= 0.6 is 24.0 Å². The minimum absolute atomic E-state index is 0. The molecular formula is C21H36IN3O2S. The van der Waals surface area contributed by atoms with Crippen LogP contribution in [0.1, 0.15) is 44.6 Å². The van der Waals surface area contributed by atoms with Gasteiger partial charge in [0.2, 0.25) is 0 Å². The van der Waals surface area contributed by atoms with Gasteiger partial charge in [0.25, 0.3) is 0 Å². The van der Waals surface area contributed by atoms with Gasteiger partial charge < -0.3 is 15.4 Å². The molecule has 0 spiro atoms. The molecule has 0 radical (unpaired) electrons. The Balaban J connectivity index is 0.00000392. The fourth-order valence-electron chi connectivity index (χ4n) is 3.63. The molecule has 0 aromatic heterocycles. The van der Waals surface area contributed by atoms with Crippen LogP contribution in [0.5, 0.6) is 0 Å². The van der Waals surface area contributed by atoms with Gasteiger partial charge in [0.15, 0.2) is 5.96 Å². The molecule has 2 N–H and O–H groups in total. The van der Waals surface area contributed by atoms with Crippen LogP contribution in [-0.2, 0) is 21.3 Å². The maximum atomic E-state index is 12.3. The van der Waals surface area contributed by atoms with Crippen LogP contribution in [0.2, 0.25) is 0 Å². The topological polar surface area (TPSA) is 62.7 Å². The van der Waals surface area contributed by atoms with E-state index in [9.17, 15) is 4.21 Å². The first-order valence-electron chi connectivity index (χ1n) is 10.1. The number of hydrogen-bond acceptors (Lipinski definition) is 3. The number of rotatable bonds is 11. The van der Waals surface area contributed by atoms with Gasteiger partial charge in [0.05, 0.1) is 0 Å². The molecule has 5 nitrogen and oxygen atoms in total. The maximum Gasteiger partial charge on any atom is 0.191 e. The third kappa shape index (κ3) is 9.22. The monoisotopic (exact) mass is 521 g/mol. The van der Waals surface area contributed by atoms with Crippen molar-refractivity contribution in [2.75, 3.05) is 39.1 Å². The summed E-state index contributed by atoms with van der Waals surface area (Å²) in [7, 11) is 0.899. The summed E-state index contributed by atoms with van der Waals surface area (Å²) < 4.78 is 17.6. The van der Waals surface area contributed by atoms with Crippen molar-refractivity contribution in [1.29, 1.82) is 0 Å². The first-order chi connectivity index (χ1) is 13.2. The van der Waals surface area contributed by atoms with Crippen molar-refractivity contribution < 1.29 is 8.95 Å². The fourth-order valence-corrected chi connectivity index (χ4v) is 4.67. The minimum Gasteiger partial charge on any atom is -0.385 e. The Hall–Kier alpha value is -0.670. The van der Waals surface area contributed by atoms with Gasteiger partial charge in [0.1, 0.15) is 0 Å². The van der Waals surface area contributed by atoms with Crippen molar-refractivity contribution in [3.05, 3.63) is 35.9 Å². The van der Waals surface area contributed by atoms with Gasteiger partial charge in [-0.05, 0) is 37.2 Å². The summed E-state index contributed by atoms with van der Waals surface area (Å²) in [5, 5.41) is 6.66. The van der Waals surface area contributed by atoms with Gasteiger partial charge in [-0.15, -0.1) is 24.0 Å². The van der Waals surface area contributed by atoms with Crippen LogP contribution in [0.15, 0.2) is 35.3 Å². The Labute approximate surface area is 190 Å². The van der Waals surface area contributed by atoms with Crippen LogP contribution in [0.3, 0.4) is 0 Å². The van der Waals surface area contributed by atoms with Gasteiger partial charge >= 0.3 is 0 Å². The Morgan fingerprint density at radius 3 is 2.57 bits per heavy atom. The number of hydrogen-bond donors (Lipinski definition) is 2. The molecule has 160 valence electrons. The second-order valence-corrected chi connectivity index (χ2v) is 8.92. The van der Waals surface area contributed by atoms with Crippen molar-refractivity contribution >= 4 is 40.7 Å². The van der Waals surface area contributed by atoms with E-state index in [1.165, 1.54) is 25.7 Å². The third-order valence-electron chi connectivity index (χ3n) is 5.21. The Bertz CT molecular complexity index is 593. The summed E-state index contributed by atoms with van der Waals surface area (Å²) in [6, 6.07) is 10.0. The lowest BCUT2D eigenvalue weighted by molar-refractivity contribution is 0.141. The molecule has 1 fully saturated rings. The molecule has 0 amide bonds. The van der Waals surface area contributed by atoms with E-state index in [-0.39, 0.29) is 29.4 Å². The smallest absolute Gasteiger partial charge is 0.191 e. The SMILES string of the molecule is CCNC(=NCC1(CCOC)CCCC1)NCCS(=O)Cc1ccccc1.I. The Kier molecular flexibility index (Phi) is 13.0. The van der Waals surface area contributed by atoms with Crippen LogP contribution in [-0.4, -0.2) is 49.3 Å². The molecular weight excluding hydrogens is 485 g/mol. The molecule has 0 saturated heterocycles. The zero-order chi connectivity index (χ0) is 19.4. The first kappa shape index (κ1) is 25.4. The molecule has 1 atom stereocenters. The number of nitrogens with one attached hydrogen (secondary N) is 2. The van der Waals surface area contributed by atoms with E-state index in [4.69, 9.17) is 9.73 Å². The van der Waals surface area contributed by atoms with Crippen LogP contribution < -0.4 is 10.6 Å². The van der Waals surface area contributed by atoms with Crippen molar-refractivity contribution in [3.63, 3.8) is 0 Å². The third-order valence-corrected chi connectivity index (χ3v) is 6.52. The van der Waals surface area contributed by atoms with Crippen molar-refractivity contribution in [2.45, 2.75) is 44.8 Å². The quantitative estimate of drug-likeness (QED) is 0.265. The van der Waals surface area contributed by atoms with Gasteiger partial charge in [0, 0.05) is 55.7 Å². The van der Waals surface area contributed by atoms with E-state index in [1.54, 1.807) is 7.11 Å². The first-order valence-corrected chi connectivity index (χ1v) is 11.6. The number of nitrogens with zero attached hydrogens (tertiary/aromatic N) is 1.